The Morgan fingerprint density at radius 1 is 1.16 bits per heavy atom. The lowest BCUT2D eigenvalue weighted by molar-refractivity contribution is -0.122. The second-order valence-electron chi connectivity index (χ2n) is 8.25. The van der Waals surface area contributed by atoms with E-state index in [0.29, 0.717) is 25.2 Å². The standard InChI is InChI=1S/C23H37N5O2.HI/c1-3-13-25-22(29)17-28-14-11-19(12-15-28)27-23(24-2)26-16-18-7-4-5-10-21(18)30-20-8-6-9-20;/h4-5,7,10,19-20H,3,6,8-9,11-17H2,1-2H3,(H,25,29)(H2,24,26,27);1H. The molecule has 1 saturated carbocycles. The number of carbonyl (C=O) groups is 1. The third-order valence-electron chi connectivity index (χ3n) is 5.86. The van der Waals surface area contributed by atoms with E-state index >= 15 is 0 Å². The first-order valence-corrected chi connectivity index (χ1v) is 11.4. The van der Waals surface area contributed by atoms with Crippen molar-refractivity contribution in [2.45, 2.75) is 64.1 Å². The Balaban J connectivity index is 0.00000341. The fraction of sp³-hybridized carbons (Fsp3) is 0.652. The molecule has 1 amide bonds. The van der Waals surface area contributed by atoms with Gasteiger partial charge in [-0.2, -0.15) is 0 Å². The molecule has 2 fully saturated rings. The van der Waals surface area contributed by atoms with E-state index in [1.807, 2.05) is 12.1 Å². The molecule has 31 heavy (non-hydrogen) atoms. The maximum Gasteiger partial charge on any atom is 0.234 e. The summed E-state index contributed by atoms with van der Waals surface area (Å²) < 4.78 is 6.13. The molecule has 0 aromatic heterocycles. The van der Waals surface area contributed by atoms with Crippen molar-refractivity contribution in [1.29, 1.82) is 0 Å². The summed E-state index contributed by atoms with van der Waals surface area (Å²) in [7, 11) is 1.80. The van der Waals surface area contributed by atoms with Gasteiger partial charge in [0.1, 0.15) is 5.75 Å². The highest BCUT2D eigenvalue weighted by molar-refractivity contribution is 14.0. The molecule has 1 heterocycles. The second kappa shape index (κ2) is 13.8. The van der Waals surface area contributed by atoms with Crippen molar-refractivity contribution >= 4 is 35.8 Å². The molecule has 0 unspecified atom stereocenters. The van der Waals surface area contributed by atoms with Crippen molar-refractivity contribution in [2.24, 2.45) is 4.99 Å². The number of benzene rings is 1. The van der Waals surface area contributed by atoms with Crippen LogP contribution in [-0.2, 0) is 11.3 Å². The summed E-state index contributed by atoms with van der Waals surface area (Å²) >= 11 is 0. The van der Waals surface area contributed by atoms with Crippen molar-refractivity contribution in [2.75, 3.05) is 33.2 Å². The Morgan fingerprint density at radius 3 is 2.55 bits per heavy atom. The van der Waals surface area contributed by atoms with E-state index in [-0.39, 0.29) is 29.9 Å². The summed E-state index contributed by atoms with van der Waals surface area (Å²) in [4.78, 5) is 18.5. The number of hydrogen-bond acceptors (Lipinski definition) is 4. The third kappa shape index (κ3) is 8.48. The Morgan fingerprint density at radius 2 is 1.90 bits per heavy atom. The molecule has 1 saturated heterocycles. The largest absolute Gasteiger partial charge is 0.490 e. The van der Waals surface area contributed by atoms with Crippen molar-refractivity contribution in [3.05, 3.63) is 29.8 Å². The number of rotatable bonds is 9. The SMILES string of the molecule is CCCNC(=O)CN1CCC(NC(=NC)NCc2ccccc2OC2CCC2)CC1.I. The molecule has 0 radical (unpaired) electrons. The average molecular weight is 543 g/mol. The highest BCUT2D eigenvalue weighted by Gasteiger charge is 2.22. The first kappa shape index (κ1) is 25.7. The van der Waals surface area contributed by atoms with E-state index in [2.05, 4.69) is 44.9 Å². The van der Waals surface area contributed by atoms with Crippen LogP contribution < -0.4 is 20.7 Å². The highest BCUT2D eigenvalue weighted by atomic mass is 127. The number of hydrogen-bond donors (Lipinski definition) is 3. The maximum atomic E-state index is 11.9. The zero-order valence-corrected chi connectivity index (χ0v) is 21.2. The minimum absolute atomic E-state index is 0. The molecular weight excluding hydrogens is 505 g/mol. The third-order valence-corrected chi connectivity index (χ3v) is 5.86. The zero-order chi connectivity index (χ0) is 21.2. The Kier molecular flexibility index (Phi) is 11.4. The predicted octanol–water partition coefficient (Wildman–Crippen LogP) is 2.89. The summed E-state index contributed by atoms with van der Waals surface area (Å²) in [5.74, 6) is 1.91. The number of likely N-dealkylation sites (tertiary alicyclic amines) is 1. The van der Waals surface area contributed by atoms with Crippen molar-refractivity contribution < 1.29 is 9.53 Å². The number of halogens is 1. The highest BCUT2D eigenvalue weighted by Crippen LogP contribution is 2.27. The van der Waals surface area contributed by atoms with Crippen molar-refractivity contribution in [1.82, 2.24) is 20.9 Å². The van der Waals surface area contributed by atoms with Crippen LogP contribution in [0.4, 0.5) is 0 Å². The molecule has 0 spiro atoms. The maximum absolute atomic E-state index is 11.9. The monoisotopic (exact) mass is 543 g/mol. The average Bonchev–Trinajstić information content (AvgIpc) is 2.74. The van der Waals surface area contributed by atoms with E-state index in [0.717, 1.165) is 69.0 Å². The van der Waals surface area contributed by atoms with Crippen LogP contribution in [0, 0.1) is 0 Å². The van der Waals surface area contributed by atoms with Crippen molar-refractivity contribution in [3.8, 4) is 5.75 Å². The van der Waals surface area contributed by atoms with Gasteiger partial charge in [0.25, 0.3) is 0 Å². The number of nitrogens with zero attached hydrogens (tertiary/aromatic N) is 2. The second-order valence-corrected chi connectivity index (χ2v) is 8.25. The Labute approximate surface area is 203 Å². The van der Waals surface area contributed by atoms with Gasteiger partial charge < -0.3 is 20.7 Å². The van der Waals surface area contributed by atoms with Crippen LogP contribution in [0.25, 0.3) is 0 Å². The first-order valence-electron chi connectivity index (χ1n) is 11.4. The van der Waals surface area contributed by atoms with Gasteiger partial charge in [0, 0.05) is 44.8 Å². The van der Waals surface area contributed by atoms with Crippen molar-refractivity contribution in [3.63, 3.8) is 0 Å². The molecule has 1 aliphatic carbocycles. The minimum atomic E-state index is 0. The summed E-state index contributed by atoms with van der Waals surface area (Å²) in [6.45, 7) is 5.85. The number of aliphatic imine (C=N–C) groups is 1. The lowest BCUT2D eigenvalue weighted by Gasteiger charge is -2.32. The van der Waals surface area contributed by atoms with E-state index in [4.69, 9.17) is 4.74 Å². The summed E-state index contributed by atoms with van der Waals surface area (Å²) in [6, 6.07) is 8.61. The fourth-order valence-electron chi connectivity index (χ4n) is 3.76. The smallest absolute Gasteiger partial charge is 0.234 e. The number of amides is 1. The molecule has 0 bridgehead atoms. The number of piperidine rings is 1. The molecule has 174 valence electrons. The molecule has 1 aliphatic heterocycles. The molecule has 2 aliphatic rings. The van der Waals surface area contributed by atoms with Gasteiger partial charge in [-0.1, -0.05) is 25.1 Å². The lowest BCUT2D eigenvalue weighted by atomic mass is 9.96. The number of nitrogens with one attached hydrogen (secondary N) is 3. The van der Waals surface area contributed by atoms with Gasteiger partial charge in [0.15, 0.2) is 5.96 Å². The van der Waals surface area contributed by atoms with Crippen LogP contribution in [0.3, 0.4) is 0 Å². The molecule has 8 heteroatoms. The number of carbonyl (C=O) groups excluding carboxylic acids is 1. The van der Waals surface area contributed by atoms with Gasteiger partial charge in [0.2, 0.25) is 5.91 Å². The molecule has 7 nitrogen and oxygen atoms in total. The summed E-state index contributed by atoms with van der Waals surface area (Å²) in [5, 5.41) is 9.92. The zero-order valence-electron chi connectivity index (χ0n) is 18.9. The number of para-hydroxylation sites is 1. The molecular formula is C23H38IN5O2. The summed E-state index contributed by atoms with van der Waals surface area (Å²) in [5.41, 5.74) is 1.15. The first-order chi connectivity index (χ1) is 14.7. The molecule has 1 aromatic carbocycles. The predicted molar refractivity (Wildman–Crippen MR) is 136 cm³/mol. The van der Waals surface area contributed by atoms with Crippen LogP contribution >= 0.6 is 24.0 Å². The van der Waals surface area contributed by atoms with Gasteiger partial charge in [-0.05, 0) is 44.6 Å². The normalized spacial score (nSPS) is 17.9. The van der Waals surface area contributed by atoms with Gasteiger partial charge >= 0.3 is 0 Å². The van der Waals surface area contributed by atoms with Gasteiger partial charge in [-0.3, -0.25) is 14.7 Å². The van der Waals surface area contributed by atoms with E-state index in [1.165, 1.54) is 6.42 Å². The minimum Gasteiger partial charge on any atom is -0.490 e. The summed E-state index contributed by atoms with van der Waals surface area (Å²) in [6.07, 6.45) is 6.93. The topological polar surface area (TPSA) is 78.0 Å². The van der Waals surface area contributed by atoms with Crippen LogP contribution in [0.5, 0.6) is 5.75 Å². The Hall–Kier alpha value is -1.55. The van der Waals surface area contributed by atoms with Gasteiger partial charge in [-0.15, -0.1) is 24.0 Å². The Bertz CT molecular complexity index is 703. The lowest BCUT2D eigenvalue weighted by Crippen LogP contribution is -2.50. The molecule has 1 aromatic rings. The number of ether oxygens (including phenoxy) is 1. The number of guanidine groups is 1. The fourth-order valence-corrected chi connectivity index (χ4v) is 3.76. The van der Waals surface area contributed by atoms with Crippen LogP contribution in [0.1, 0.15) is 51.0 Å². The van der Waals surface area contributed by atoms with Gasteiger partial charge in [-0.25, -0.2) is 0 Å². The quantitative estimate of drug-likeness (QED) is 0.254. The van der Waals surface area contributed by atoms with Crippen LogP contribution in [-0.4, -0.2) is 62.1 Å². The molecule has 3 rings (SSSR count). The van der Waals surface area contributed by atoms with E-state index in [9.17, 15) is 4.79 Å². The van der Waals surface area contributed by atoms with E-state index in [1.54, 1.807) is 7.05 Å². The molecule has 0 atom stereocenters. The van der Waals surface area contributed by atoms with Gasteiger partial charge in [0.05, 0.1) is 12.6 Å². The van der Waals surface area contributed by atoms with Crippen LogP contribution in [0.2, 0.25) is 0 Å². The van der Waals surface area contributed by atoms with E-state index < -0.39 is 0 Å². The molecule has 3 N–H and O–H groups in total. The van der Waals surface area contributed by atoms with Crippen LogP contribution in [0.15, 0.2) is 29.3 Å².